The number of esters is 1. The summed E-state index contributed by atoms with van der Waals surface area (Å²) in [4.78, 5) is 33.3. The van der Waals surface area contributed by atoms with Gasteiger partial charge < -0.3 is 14.0 Å². The lowest BCUT2D eigenvalue weighted by Crippen LogP contribution is -2.40. The Bertz CT molecular complexity index is 2340. The highest BCUT2D eigenvalue weighted by Crippen LogP contribution is 2.38. The molecule has 7 rings (SSSR count). The molecule has 4 aromatic carbocycles. The zero-order valence-corrected chi connectivity index (χ0v) is 27.6. The molecule has 3 heterocycles. The zero-order valence-electron chi connectivity index (χ0n) is 26.8. The first-order chi connectivity index (χ1) is 23.5. The number of para-hydroxylation sites is 2. The first-order valence-electron chi connectivity index (χ1n) is 15.7. The molecule has 8 heteroatoms. The van der Waals surface area contributed by atoms with Crippen LogP contribution in [0.1, 0.15) is 31.0 Å². The maximum atomic E-state index is 14.6. The molecule has 6 aromatic rings. The van der Waals surface area contributed by atoms with Crippen LogP contribution in [0.2, 0.25) is 0 Å². The fourth-order valence-electron chi connectivity index (χ4n) is 6.32. The molecule has 1 atom stereocenters. The topological polar surface area (TPSA) is 74.8 Å². The van der Waals surface area contributed by atoms with Gasteiger partial charge in [0.2, 0.25) is 0 Å². The summed E-state index contributed by atoms with van der Waals surface area (Å²) < 4.78 is 15.5. The third-order valence-electron chi connectivity index (χ3n) is 8.40. The summed E-state index contributed by atoms with van der Waals surface area (Å²) >= 11 is 1.30. The average Bonchev–Trinajstić information content (AvgIpc) is 3.65. The van der Waals surface area contributed by atoms with Crippen molar-refractivity contribution >= 4 is 23.4 Å². The summed E-state index contributed by atoms with van der Waals surface area (Å²) in [5.74, 6) is 0.0510. The van der Waals surface area contributed by atoms with E-state index in [-0.39, 0.29) is 12.2 Å². The summed E-state index contributed by atoms with van der Waals surface area (Å²) in [6, 6.07) is 39.5. The molecule has 0 unspecified atom stereocenters. The number of carbonyl (C=O) groups is 1. The molecule has 1 aliphatic rings. The number of ether oxygens (including phenoxy) is 2. The summed E-state index contributed by atoms with van der Waals surface area (Å²) in [5.41, 5.74) is 7.12. The standard InChI is InChI=1S/C40H33N3O4S/c1-4-47-39(45)35-26(2)41-40-43(37(35)31-22-14-15-23-33(31)46-3)38(44)34(48-40)25-29-24-32(27-16-8-5-9-17-27)42(30-20-12-7-13-21-30)36(29)28-18-10-6-11-19-28/h5-25,37H,4H2,1-3H3/t37-/m1/s1. The first-order valence-corrected chi connectivity index (χ1v) is 16.6. The van der Waals surface area contributed by atoms with Crippen molar-refractivity contribution < 1.29 is 14.3 Å². The SMILES string of the molecule is CCOC(=O)C1=C(C)N=c2sc(=Cc3cc(-c4ccccc4)n(-c4ccccc4)c3-c3ccccc3)c(=O)n2[C@@H]1c1ccccc1OC. The van der Waals surface area contributed by atoms with Crippen molar-refractivity contribution in [2.45, 2.75) is 19.9 Å². The third kappa shape index (κ3) is 5.50. The van der Waals surface area contributed by atoms with E-state index in [1.165, 1.54) is 11.3 Å². The van der Waals surface area contributed by atoms with Crippen molar-refractivity contribution in [2.24, 2.45) is 4.99 Å². The molecule has 0 radical (unpaired) electrons. The molecule has 0 aliphatic carbocycles. The predicted octanol–water partition coefficient (Wildman–Crippen LogP) is 6.93. The van der Waals surface area contributed by atoms with Gasteiger partial charge in [-0.25, -0.2) is 9.79 Å². The summed E-state index contributed by atoms with van der Waals surface area (Å²) in [7, 11) is 1.58. The van der Waals surface area contributed by atoms with E-state index in [4.69, 9.17) is 14.5 Å². The fourth-order valence-corrected chi connectivity index (χ4v) is 7.35. The number of hydrogen-bond acceptors (Lipinski definition) is 6. The Labute approximate surface area is 282 Å². The van der Waals surface area contributed by atoms with Crippen LogP contribution in [0.5, 0.6) is 5.75 Å². The van der Waals surface area contributed by atoms with E-state index in [1.807, 2.05) is 84.9 Å². The molecule has 1 aliphatic heterocycles. The number of methoxy groups -OCH3 is 1. The van der Waals surface area contributed by atoms with Crippen LogP contribution in [0.4, 0.5) is 0 Å². The number of benzene rings is 4. The summed E-state index contributed by atoms with van der Waals surface area (Å²) in [5, 5.41) is 0. The smallest absolute Gasteiger partial charge is 0.338 e. The summed E-state index contributed by atoms with van der Waals surface area (Å²) in [6.07, 6.45) is 1.95. The molecular weight excluding hydrogens is 619 g/mol. The van der Waals surface area contributed by atoms with Gasteiger partial charge in [0, 0.05) is 16.8 Å². The van der Waals surface area contributed by atoms with Crippen molar-refractivity contribution in [3.8, 4) is 34.0 Å². The zero-order chi connectivity index (χ0) is 33.2. The maximum Gasteiger partial charge on any atom is 0.338 e. The number of nitrogens with zero attached hydrogens (tertiary/aromatic N) is 3. The van der Waals surface area contributed by atoms with Crippen molar-refractivity contribution in [3.63, 3.8) is 0 Å². The van der Waals surface area contributed by atoms with Crippen LogP contribution in [-0.2, 0) is 9.53 Å². The van der Waals surface area contributed by atoms with Gasteiger partial charge in [-0.15, -0.1) is 0 Å². The van der Waals surface area contributed by atoms with E-state index in [9.17, 15) is 9.59 Å². The van der Waals surface area contributed by atoms with Gasteiger partial charge in [0.05, 0.1) is 40.9 Å². The second-order valence-electron chi connectivity index (χ2n) is 11.3. The minimum atomic E-state index is -0.777. The van der Waals surface area contributed by atoms with Gasteiger partial charge in [0.1, 0.15) is 11.8 Å². The van der Waals surface area contributed by atoms with E-state index in [1.54, 1.807) is 25.5 Å². The lowest BCUT2D eigenvalue weighted by molar-refractivity contribution is -0.139. The highest BCUT2D eigenvalue weighted by molar-refractivity contribution is 7.07. The van der Waals surface area contributed by atoms with E-state index < -0.39 is 12.0 Å². The Kier molecular flexibility index (Phi) is 8.48. The lowest BCUT2D eigenvalue weighted by atomic mass is 9.95. The van der Waals surface area contributed by atoms with Crippen LogP contribution in [0, 0.1) is 0 Å². The molecule has 0 amide bonds. The van der Waals surface area contributed by atoms with E-state index >= 15 is 0 Å². The van der Waals surface area contributed by atoms with Crippen molar-refractivity contribution in [1.82, 2.24) is 9.13 Å². The summed E-state index contributed by atoms with van der Waals surface area (Å²) in [6.45, 7) is 3.74. The molecule has 0 bridgehead atoms. The molecular formula is C40H33N3O4S. The molecule has 2 aromatic heterocycles. The lowest BCUT2D eigenvalue weighted by Gasteiger charge is -2.25. The molecule has 7 nitrogen and oxygen atoms in total. The quantitative estimate of drug-likeness (QED) is 0.167. The Balaban J connectivity index is 1.52. The van der Waals surface area contributed by atoms with Crippen molar-refractivity contribution in [2.75, 3.05) is 13.7 Å². The Morgan fingerprint density at radius 3 is 2.17 bits per heavy atom. The highest BCUT2D eigenvalue weighted by Gasteiger charge is 2.35. The second kappa shape index (κ2) is 13.2. The van der Waals surface area contributed by atoms with E-state index in [0.717, 1.165) is 33.8 Å². The number of allylic oxidation sites excluding steroid dienone is 1. The van der Waals surface area contributed by atoms with Gasteiger partial charge >= 0.3 is 5.97 Å². The first kappa shape index (κ1) is 30.9. The van der Waals surface area contributed by atoms with Crippen LogP contribution >= 0.6 is 11.3 Å². The molecule has 0 spiro atoms. The number of fused-ring (bicyclic) bond motifs is 1. The van der Waals surface area contributed by atoms with E-state index in [0.29, 0.717) is 31.9 Å². The monoisotopic (exact) mass is 651 g/mol. The van der Waals surface area contributed by atoms with Crippen LogP contribution in [0.3, 0.4) is 0 Å². The van der Waals surface area contributed by atoms with Crippen molar-refractivity contribution in [1.29, 1.82) is 0 Å². The predicted molar refractivity (Wildman–Crippen MR) is 190 cm³/mol. The molecule has 0 fully saturated rings. The number of hydrogen-bond donors (Lipinski definition) is 0. The van der Waals surface area contributed by atoms with Crippen LogP contribution < -0.4 is 19.6 Å². The number of thiazole rings is 1. The average molecular weight is 652 g/mol. The maximum absolute atomic E-state index is 14.6. The van der Waals surface area contributed by atoms with Gasteiger partial charge in [-0.05, 0) is 55.3 Å². The third-order valence-corrected chi connectivity index (χ3v) is 9.38. The van der Waals surface area contributed by atoms with Gasteiger partial charge in [0.25, 0.3) is 5.56 Å². The molecule has 0 saturated heterocycles. The van der Waals surface area contributed by atoms with Gasteiger partial charge in [-0.3, -0.25) is 9.36 Å². The van der Waals surface area contributed by atoms with Gasteiger partial charge in [-0.1, -0.05) is 108 Å². The molecule has 238 valence electrons. The van der Waals surface area contributed by atoms with Crippen LogP contribution in [0.25, 0.3) is 34.3 Å². The second-order valence-corrected chi connectivity index (χ2v) is 12.3. The molecule has 48 heavy (non-hydrogen) atoms. The van der Waals surface area contributed by atoms with Crippen LogP contribution in [0.15, 0.2) is 142 Å². The number of carbonyl (C=O) groups excluding carboxylic acids is 1. The molecule has 0 N–H and O–H groups in total. The van der Waals surface area contributed by atoms with Crippen molar-refractivity contribution in [3.05, 3.63) is 163 Å². The minimum Gasteiger partial charge on any atom is -0.496 e. The Hall–Kier alpha value is -5.73. The number of aromatic nitrogens is 2. The minimum absolute atomic E-state index is 0.198. The fraction of sp³-hybridized carbons (Fsp3) is 0.125. The van der Waals surface area contributed by atoms with Gasteiger partial charge in [0.15, 0.2) is 4.80 Å². The number of rotatable bonds is 8. The van der Waals surface area contributed by atoms with E-state index in [2.05, 4.69) is 47.0 Å². The Morgan fingerprint density at radius 2 is 1.50 bits per heavy atom. The Morgan fingerprint density at radius 1 is 0.875 bits per heavy atom. The molecule has 0 saturated carbocycles. The normalized spacial score (nSPS) is 14.4. The van der Waals surface area contributed by atoms with Gasteiger partial charge in [-0.2, -0.15) is 0 Å². The highest BCUT2D eigenvalue weighted by atomic mass is 32.1. The van der Waals surface area contributed by atoms with Crippen LogP contribution in [-0.4, -0.2) is 28.8 Å². The largest absolute Gasteiger partial charge is 0.496 e.